The number of nitrogens with zero attached hydrogens (tertiary/aromatic N) is 2. The summed E-state index contributed by atoms with van der Waals surface area (Å²) in [5.74, 6) is 0.327. The predicted molar refractivity (Wildman–Crippen MR) is 111 cm³/mol. The van der Waals surface area contributed by atoms with Gasteiger partial charge < -0.3 is 5.11 Å². The lowest BCUT2D eigenvalue weighted by atomic mass is 9.59. The van der Waals surface area contributed by atoms with Crippen LogP contribution in [0.25, 0.3) is 5.57 Å². The molecule has 1 aliphatic carbocycles. The summed E-state index contributed by atoms with van der Waals surface area (Å²) in [5.41, 5.74) is 2.35. The van der Waals surface area contributed by atoms with Crippen molar-refractivity contribution in [3.05, 3.63) is 35.4 Å². The number of phenolic OH excluding ortho intramolecular Hbond substituents is 1. The van der Waals surface area contributed by atoms with E-state index in [9.17, 15) is 10.4 Å². The van der Waals surface area contributed by atoms with Gasteiger partial charge in [-0.05, 0) is 61.3 Å². The summed E-state index contributed by atoms with van der Waals surface area (Å²) in [6, 6.07) is 8.12. The van der Waals surface area contributed by atoms with Gasteiger partial charge in [-0.15, -0.1) is 0 Å². The Balaban J connectivity index is 1.70. The largest absolute Gasteiger partial charge is 0.507 e. The number of allylic oxidation sites excluding steroid dienone is 2. The van der Waals surface area contributed by atoms with E-state index < -0.39 is 11.6 Å². The molecule has 0 bridgehead atoms. The monoisotopic (exact) mass is 384 g/mol. The minimum absolute atomic E-state index is 0.248. The van der Waals surface area contributed by atoms with E-state index in [-0.39, 0.29) is 11.8 Å². The van der Waals surface area contributed by atoms with E-state index in [0.29, 0.717) is 25.3 Å². The Labute approximate surface area is 168 Å². The lowest BCUT2D eigenvalue weighted by Gasteiger charge is -2.51. The Hall–Kier alpha value is -1.86. The predicted octanol–water partition coefficient (Wildman–Crippen LogP) is 5.84. The SMILES string of the molecule is CC(C)(C)C1(CC#N)CCN(Cc2ccc(C3=CCCCC3)c(O)c2)CC1F. The van der Waals surface area contributed by atoms with Crippen LogP contribution in [0.5, 0.6) is 5.75 Å². The Morgan fingerprint density at radius 1 is 1.32 bits per heavy atom. The molecule has 0 amide bonds. The van der Waals surface area contributed by atoms with Crippen LogP contribution in [-0.4, -0.2) is 29.3 Å². The highest BCUT2D eigenvalue weighted by Gasteiger charge is 2.51. The molecule has 2 aliphatic rings. The number of alkyl halides is 1. The first-order valence-corrected chi connectivity index (χ1v) is 10.5. The molecule has 2 unspecified atom stereocenters. The fourth-order valence-electron chi connectivity index (χ4n) is 4.89. The number of rotatable bonds is 4. The molecule has 0 saturated carbocycles. The summed E-state index contributed by atoms with van der Waals surface area (Å²) >= 11 is 0. The minimum atomic E-state index is -1.03. The van der Waals surface area contributed by atoms with E-state index in [1.807, 2.05) is 32.9 Å². The third kappa shape index (κ3) is 4.10. The van der Waals surface area contributed by atoms with Gasteiger partial charge in [0.2, 0.25) is 0 Å². The first-order chi connectivity index (χ1) is 13.3. The molecule has 4 heteroatoms. The number of aromatic hydroxyl groups is 1. The maximum atomic E-state index is 15.3. The molecule has 1 heterocycles. The Bertz CT molecular complexity index is 774. The molecule has 1 fully saturated rings. The van der Waals surface area contributed by atoms with Crippen molar-refractivity contribution < 1.29 is 9.50 Å². The molecule has 3 nitrogen and oxygen atoms in total. The molecular weight excluding hydrogens is 351 g/mol. The molecular formula is C24H33FN2O. The highest BCUT2D eigenvalue weighted by Crippen LogP contribution is 2.50. The first kappa shape index (κ1) is 20.9. The van der Waals surface area contributed by atoms with Crippen LogP contribution in [0.3, 0.4) is 0 Å². The smallest absolute Gasteiger partial charge is 0.123 e. The lowest BCUT2D eigenvalue weighted by molar-refractivity contribution is -0.0660. The van der Waals surface area contributed by atoms with Crippen molar-refractivity contribution in [2.45, 2.75) is 72.0 Å². The molecule has 2 atom stereocenters. The van der Waals surface area contributed by atoms with Crippen molar-refractivity contribution in [3.8, 4) is 11.8 Å². The van der Waals surface area contributed by atoms with Gasteiger partial charge in [0.1, 0.15) is 11.9 Å². The first-order valence-electron chi connectivity index (χ1n) is 10.5. The zero-order valence-electron chi connectivity index (χ0n) is 17.5. The van der Waals surface area contributed by atoms with Crippen LogP contribution in [0, 0.1) is 22.2 Å². The molecule has 0 aromatic heterocycles. The normalized spacial score (nSPS) is 26.5. The third-order valence-electron chi connectivity index (χ3n) is 6.89. The zero-order valence-corrected chi connectivity index (χ0v) is 17.5. The number of piperidine rings is 1. The summed E-state index contributed by atoms with van der Waals surface area (Å²) in [5, 5.41) is 19.8. The number of hydrogen-bond donors (Lipinski definition) is 1. The lowest BCUT2D eigenvalue weighted by Crippen LogP contribution is -2.54. The summed E-state index contributed by atoms with van der Waals surface area (Å²) in [6.07, 6.45) is 6.66. The van der Waals surface area contributed by atoms with Crippen LogP contribution in [-0.2, 0) is 6.54 Å². The molecule has 1 aliphatic heterocycles. The fraction of sp³-hybridized carbons (Fsp3) is 0.625. The summed E-state index contributed by atoms with van der Waals surface area (Å²) in [7, 11) is 0. The van der Waals surface area contributed by atoms with Gasteiger partial charge in [0.15, 0.2) is 0 Å². The van der Waals surface area contributed by atoms with Crippen LogP contribution in [0.15, 0.2) is 24.3 Å². The molecule has 1 saturated heterocycles. The van der Waals surface area contributed by atoms with Gasteiger partial charge in [0, 0.05) is 30.5 Å². The number of likely N-dealkylation sites (tertiary alicyclic amines) is 1. The van der Waals surface area contributed by atoms with Crippen molar-refractivity contribution in [2.75, 3.05) is 13.1 Å². The zero-order chi connectivity index (χ0) is 20.4. The summed E-state index contributed by atoms with van der Waals surface area (Å²) in [6.45, 7) is 7.87. The van der Waals surface area contributed by atoms with E-state index in [2.05, 4.69) is 23.1 Å². The van der Waals surface area contributed by atoms with Gasteiger partial charge in [-0.1, -0.05) is 39.0 Å². The van der Waals surface area contributed by atoms with Gasteiger partial charge >= 0.3 is 0 Å². The molecule has 152 valence electrons. The van der Waals surface area contributed by atoms with Gasteiger partial charge in [-0.3, -0.25) is 4.90 Å². The van der Waals surface area contributed by atoms with Crippen molar-refractivity contribution in [1.82, 2.24) is 4.90 Å². The quantitative estimate of drug-likeness (QED) is 0.709. The fourth-order valence-corrected chi connectivity index (χ4v) is 4.89. The number of nitriles is 1. The second-order valence-corrected chi connectivity index (χ2v) is 9.52. The maximum absolute atomic E-state index is 15.3. The van der Waals surface area contributed by atoms with Gasteiger partial charge in [0.25, 0.3) is 0 Å². The summed E-state index contributed by atoms with van der Waals surface area (Å²) < 4.78 is 15.3. The van der Waals surface area contributed by atoms with E-state index in [0.717, 1.165) is 30.5 Å². The van der Waals surface area contributed by atoms with Crippen LogP contribution < -0.4 is 0 Å². The van der Waals surface area contributed by atoms with E-state index in [1.165, 1.54) is 18.4 Å². The van der Waals surface area contributed by atoms with Crippen LogP contribution in [0.1, 0.15) is 70.4 Å². The average Bonchev–Trinajstić information content (AvgIpc) is 2.64. The van der Waals surface area contributed by atoms with Crippen LogP contribution in [0.2, 0.25) is 0 Å². The molecule has 0 spiro atoms. The maximum Gasteiger partial charge on any atom is 0.123 e. The van der Waals surface area contributed by atoms with Gasteiger partial charge in [0.05, 0.1) is 6.07 Å². The van der Waals surface area contributed by atoms with Crippen molar-refractivity contribution >= 4 is 5.57 Å². The van der Waals surface area contributed by atoms with E-state index in [4.69, 9.17) is 0 Å². The van der Waals surface area contributed by atoms with Crippen molar-refractivity contribution in [2.24, 2.45) is 10.8 Å². The van der Waals surface area contributed by atoms with Gasteiger partial charge in [-0.25, -0.2) is 4.39 Å². The van der Waals surface area contributed by atoms with Crippen molar-refractivity contribution in [3.63, 3.8) is 0 Å². The molecule has 1 aromatic rings. The minimum Gasteiger partial charge on any atom is -0.507 e. The molecule has 3 rings (SSSR count). The molecule has 28 heavy (non-hydrogen) atoms. The van der Waals surface area contributed by atoms with Crippen LogP contribution >= 0.6 is 0 Å². The number of benzene rings is 1. The third-order valence-corrected chi connectivity index (χ3v) is 6.89. The Kier molecular flexibility index (Phi) is 6.15. The number of halogens is 1. The second-order valence-electron chi connectivity index (χ2n) is 9.52. The van der Waals surface area contributed by atoms with Gasteiger partial charge in [-0.2, -0.15) is 5.26 Å². The van der Waals surface area contributed by atoms with E-state index >= 15 is 4.39 Å². The standard InChI is InChI=1S/C24H33FN2O/c1-23(2,3)24(11-13-26)12-14-27(17-22(24)25)16-18-9-10-20(21(28)15-18)19-7-5-4-6-8-19/h7,9-10,15,22,28H,4-6,8,11-12,14,16-17H2,1-3H3. The highest BCUT2D eigenvalue weighted by molar-refractivity contribution is 5.71. The molecule has 0 radical (unpaired) electrons. The van der Waals surface area contributed by atoms with Crippen LogP contribution in [0.4, 0.5) is 4.39 Å². The number of phenols is 1. The second kappa shape index (κ2) is 8.25. The topological polar surface area (TPSA) is 47.3 Å². The highest BCUT2D eigenvalue weighted by atomic mass is 19.1. The number of hydrogen-bond acceptors (Lipinski definition) is 3. The average molecular weight is 385 g/mol. The Morgan fingerprint density at radius 3 is 2.68 bits per heavy atom. The van der Waals surface area contributed by atoms with E-state index in [1.54, 1.807) is 0 Å². The molecule has 1 N–H and O–H groups in total. The Morgan fingerprint density at radius 2 is 2.11 bits per heavy atom. The molecule has 1 aromatic carbocycles. The van der Waals surface area contributed by atoms with Crippen molar-refractivity contribution in [1.29, 1.82) is 5.26 Å². The summed E-state index contributed by atoms with van der Waals surface area (Å²) in [4.78, 5) is 2.11.